The van der Waals surface area contributed by atoms with Crippen LogP contribution in [0.25, 0.3) is 0 Å². The average Bonchev–Trinajstić information content (AvgIpc) is 2.54. The van der Waals surface area contributed by atoms with Crippen molar-refractivity contribution in [1.29, 1.82) is 0 Å². The lowest BCUT2D eigenvalue weighted by Crippen LogP contribution is -2.47. The van der Waals surface area contributed by atoms with E-state index in [1.807, 2.05) is 0 Å². The second kappa shape index (κ2) is 6.19. The third kappa shape index (κ3) is 4.26. The van der Waals surface area contributed by atoms with Gasteiger partial charge in [-0.05, 0) is 31.6 Å². The lowest BCUT2D eigenvalue weighted by atomic mass is 9.79. The molecule has 2 heteroatoms. The van der Waals surface area contributed by atoms with Crippen LogP contribution in [-0.4, -0.2) is 23.3 Å². The number of aliphatic hydroxyl groups is 1. The molecule has 2 aliphatic rings. The quantitative estimate of drug-likeness (QED) is 0.741. The van der Waals surface area contributed by atoms with Gasteiger partial charge in [0.15, 0.2) is 0 Å². The molecule has 2 saturated carbocycles. The summed E-state index contributed by atoms with van der Waals surface area (Å²) in [5, 5.41) is 14.2. The van der Waals surface area contributed by atoms with Gasteiger partial charge < -0.3 is 10.4 Å². The maximum Gasteiger partial charge on any atom is 0.0774 e. The molecule has 0 aromatic rings. The van der Waals surface area contributed by atoms with E-state index in [2.05, 4.69) is 12.2 Å². The Morgan fingerprint density at radius 3 is 2.41 bits per heavy atom. The molecule has 0 aromatic carbocycles. The molecule has 0 saturated heterocycles. The first-order chi connectivity index (χ1) is 8.18. The van der Waals surface area contributed by atoms with Gasteiger partial charge in [0.25, 0.3) is 0 Å². The van der Waals surface area contributed by atoms with Gasteiger partial charge in [0.05, 0.1) is 5.60 Å². The highest BCUT2D eigenvalue weighted by Crippen LogP contribution is 2.32. The molecule has 0 spiro atoms. The summed E-state index contributed by atoms with van der Waals surface area (Å²) < 4.78 is 0. The number of nitrogens with one attached hydrogen (secondary N) is 1. The van der Waals surface area contributed by atoms with Crippen molar-refractivity contribution in [3.05, 3.63) is 0 Å². The second-order valence-corrected chi connectivity index (χ2v) is 6.50. The van der Waals surface area contributed by atoms with Gasteiger partial charge in [0.1, 0.15) is 0 Å². The molecule has 2 N–H and O–H groups in total. The number of hydrogen-bond acceptors (Lipinski definition) is 2. The van der Waals surface area contributed by atoms with Crippen molar-refractivity contribution < 1.29 is 5.11 Å². The molecule has 17 heavy (non-hydrogen) atoms. The van der Waals surface area contributed by atoms with Gasteiger partial charge in [-0.1, -0.05) is 45.4 Å². The monoisotopic (exact) mass is 239 g/mol. The summed E-state index contributed by atoms with van der Waals surface area (Å²) >= 11 is 0. The first-order valence-corrected chi connectivity index (χ1v) is 7.64. The highest BCUT2D eigenvalue weighted by molar-refractivity contribution is 4.88. The minimum atomic E-state index is -0.413. The maximum absolute atomic E-state index is 10.6. The van der Waals surface area contributed by atoms with Gasteiger partial charge in [-0.3, -0.25) is 0 Å². The summed E-state index contributed by atoms with van der Waals surface area (Å²) in [4.78, 5) is 0. The van der Waals surface area contributed by atoms with E-state index in [1.54, 1.807) is 0 Å². The molecule has 0 amide bonds. The van der Waals surface area contributed by atoms with Crippen molar-refractivity contribution in [3.63, 3.8) is 0 Å². The highest BCUT2D eigenvalue weighted by Gasteiger charge is 2.32. The Hall–Kier alpha value is -0.0800. The smallest absolute Gasteiger partial charge is 0.0774 e. The molecule has 0 bridgehead atoms. The fourth-order valence-electron chi connectivity index (χ4n) is 3.61. The van der Waals surface area contributed by atoms with Crippen LogP contribution >= 0.6 is 0 Å². The van der Waals surface area contributed by atoms with Crippen LogP contribution in [0.2, 0.25) is 0 Å². The molecule has 2 unspecified atom stereocenters. The maximum atomic E-state index is 10.6. The lowest BCUT2D eigenvalue weighted by Gasteiger charge is -2.36. The van der Waals surface area contributed by atoms with Crippen molar-refractivity contribution >= 4 is 0 Å². The molecule has 100 valence electrons. The first-order valence-electron chi connectivity index (χ1n) is 7.64. The third-order valence-electron chi connectivity index (χ3n) is 4.64. The molecule has 0 heterocycles. The number of hydrogen-bond donors (Lipinski definition) is 2. The van der Waals surface area contributed by atoms with E-state index < -0.39 is 5.60 Å². The van der Waals surface area contributed by atoms with Gasteiger partial charge in [-0.2, -0.15) is 0 Å². The van der Waals surface area contributed by atoms with E-state index in [4.69, 9.17) is 0 Å². The molecule has 2 nitrogen and oxygen atoms in total. The Morgan fingerprint density at radius 1 is 1.06 bits per heavy atom. The molecule has 0 aromatic heterocycles. The first kappa shape index (κ1) is 13.4. The molecule has 2 atom stereocenters. The highest BCUT2D eigenvalue weighted by atomic mass is 16.3. The molecular weight excluding hydrogens is 210 g/mol. The predicted octanol–water partition coefficient (Wildman–Crippen LogP) is 3.24. The molecule has 2 rings (SSSR count). The number of rotatable bonds is 3. The minimum absolute atomic E-state index is 0.413. The van der Waals surface area contributed by atoms with Gasteiger partial charge in [0.2, 0.25) is 0 Å². The summed E-state index contributed by atoms with van der Waals surface area (Å²) in [7, 11) is 0. The zero-order chi connectivity index (χ0) is 12.1. The van der Waals surface area contributed by atoms with Crippen LogP contribution in [0.15, 0.2) is 0 Å². The largest absolute Gasteiger partial charge is 0.389 e. The Balaban J connectivity index is 1.75. The van der Waals surface area contributed by atoms with E-state index in [0.29, 0.717) is 12.0 Å². The normalized spacial score (nSPS) is 36.7. The van der Waals surface area contributed by atoms with E-state index in [9.17, 15) is 5.11 Å². The molecule has 0 radical (unpaired) electrons. The van der Waals surface area contributed by atoms with Gasteiger partial charge in [-0.15, -0.1) is 0 Å². The zero-order valence-corrected chi connectivity index (χ0v) is 11.4. The summed E-state index contributed by atoms with van der Waals surface area (Å²) in [6.45, 7) is 3.10. The van der Waals surface area contributed by atoms with E-state index >= 15 is 0 Å². The van der Waals surface area contributed by atoms with Crippen molar-refractivity contribution in [2.45, 2.75) is 82.8 Å². The standard InChI is InChI=1S/C15H29NO/c1-13-7-6-10-15(17,11-13)12-16-14-8-4-2-3-5-9-14/h13-14,16-17H,2-12H2,1H3. The van der Waals surface area contributed by atoms with Crippen molar-refractivity contribution in [1.82, 2.24) is 5.32 Å². The Kier molecular flexibility index (Phi) is 4.87. The predicted molar refractivity (Wildman–Crippen MR) is 72.1 cm³/mol. The van der Waals surface area contributed by atoms with Gasteiger partial charge >= 0.3 is 0 Å². The summed E-state index contributed by atoms with van der Waals surface area (Å²) in [5.74, 6) is 0.699. The summed E-state index contributed by atoms with van der Waals surface area (Å²) in [6.07, 6.45) is 12.6. The van der Waals surface area contributed by atoms with Crippen LogP contribution in [0.1, 0.15) is 71.1 Å². The summed E-state index contributed by atoms with van der Waals surface area (Å²) in [5.41, 5.74) is -0.413. The van der Waals surface area contributed by atoms with Crippen LogP contribution < -0.4 is 5.32 Å². The Bertz CT molecular complexity index is 223. The molecular formula is C15H29NO. The van der Waals surface area contributed by atoms with E-state index in [0.717, 1.165) is 19.4 Å². The lowest BCUT2D eigenvalue weighted by molar-refractivity contribution is -0.0140. The molecule has 0 aliphatic heterocycles. The third-order valence-corrected chi connectivity index (χ3v) is 4.64. The average molecular weight is 239 g/mol. The van der Waals surface area contributed by atoms with Crippen LogP contribution in [0.4, 0.5) is 0 Å². The van der Waals surface area contributed by atoms with Crippen LogP contribution in [0, 0.1) is 5.92 Å². The topological polar surface area (TPSA) is 32.3 Å². The second-order valence-electron chi connectivity index (χ2n) is 6.50. The summed E-state index contributed by atoms with van der Waals surface area (Å²) in [6, 6.07) is 0.666. The minimum Gasteiger partial charge on any atom is -0.389 e. The molecule has 2 fully saturated rings. The van der Waals surface area contributed by atoms with Crippen molar-refractivity contribution in [2.75, 3.05) is 6.54 Å². The Morgan fingerprint density at radius 2 is 1.76 bits per heavy atom. The zero-order valence-electron chi connectivity index (χ0n) is 11.4. The fraction of sp³-hybridized carbons (Fsp3) is 1.00. The van der Waals surface area contributed by atoms with Crippen molar-refractivity contribution in [2.24, 2.45) is 5.92 Å². The fourth-order valence-corrected chi connectivity index (χ4v) is 3.61. The molecule has 2 aliphatic carbocycles. The Labute approximate surface area is 106 Å². The van der Waals surface area contributed by atoms with Crippen LogP contribution in [0.3, 0.4) is 0 Å². The van der Waals surface area contributed by atoms with Crippen LogP contribution in [-0.2, 0) is 0 Å². The van der Waals surface area contributed by atoms with E-state index in [-0.39, 0.29) is 0 Å². The van der Waals surface area contributed by atoms with Gasteiger partial charge in [-0.25, -0.2) is 0 Å². The SMILES string of the molecule is CC1CCCC(O)(CNC2CCCCCC2)C1. The van der Waals surface area contributed by atoms with Crippen molar-refractivity contribution in [3.8, 4) is 0 Å². The van der Waals surface area contributed by atoms with Gasteiger partial charge in [0, 0.05) is 12.6 Å². The van der Waals surface area contributed by atoms with E-state index in [1.165, 1.54) is 51.4 Å². The van der Waals surface area contributed by atoms with Crippen LogP contribution in [0.5, 0.6) is 0 Å².